The Labute approximate surface area is 141 Å². The van der Waals surface area contributed by atoms with E-state index in [1.54, 1.807) is 7.11 Å². The summed E-state index contributed by atoms with van der Waals surface area (Å²) in [5, 5.41) is 4.60. The maximum absolute atomic E-state index is 5.30. The van der Waals surface area contributed by atoms with Crippen LogP contribution in [0.3, 0.4) is 0 Å². The lowest BCUT2D eigenvalue weighted by molar-refractivity contribution is 0.415. The van der Waals surface area contributed by atoms with Crippen molar-refractivity contribution in [2.24, 2.45) is 0 Å². The van der Waals surface area contributed by atoms with Gasteiger partial charge in [0.2, 0.25) is 0 Å². The summed E-state index contributed by atoms with van der Waals surface area (Å²) >= 11 is 0. The lowest BCUT2D eigenvalue weighted by Crippen LogP contribution is -2.28. The summed E-state index contributed by atoms with van der Waals surface area (Å²) in [4.78, 5) is 10.7. The molecule has 0 radical (unpaired) electrons. The largest absolute Gasteiger partial charge is 0.497 e. The van der Waals surface area contributed by atoms with E-state index in [4.69, 9.17) is 9.72 Å². The van der Waals surface area contributed by atoms with Crippen LogP contribution < -0.4 is 15.0 Å². The molecular formula is C19H22N4O. The Balaban J connectivity index is 1.67. The molecule has 2 N–H and O–H groups in total. The van der Waals surface area contributed by atoms with Gasteiger partial charge in [-0.3, -0.25) is 0 Å². The van der Waals surface area contributed by atoms with Gasteiger partial charge in [0.1, 0.15) is 11.6 Å². The molecule has 1 saturated heterocycles. The molecule has 0 amide bonds. The summed E-state index contributed by atoms with van der Waals surface area (Å²) in [6.07, 6.45) is 1.15. The fourth-order valence-electron chi connectivity index (χ4n) is 3.20. The zero-order valence-corrected chi connectivity index (χ0v) is 13.9. The molecule has 0 bridgehead atoms. The highest BCUT2D eigenvalue weighted by atomic mass is 16.5. The van der Waals surface area contributed by atoms with Gasteiger partial charge in [-0.05, 0) is 43.3 Å². The smallest absolute Gasteiger partial charge is 0.129 e. The molecule has 0 saturated carbocycles. The molecule has 0 unspecified atom stereocenters. The number of ether oxygens (including phenoxy) is 1. The number of pyridine rings is 1. The predicted molar refractivity (Wildman–Crippen MR) is 97.8 cm³/mol. The van der Waals surface area contributed by atoms with E-state index in [1.807, 2.05) is 12.1 Å². The van der Waals surface area contributed by atoms with Crippen LogP contribution in [0.1, 0.15) is 6.42 Å². The van der Waals surface area contributed by atoms with Crippen LogP contribution in [0, 0.1) is 0 Å². The molecule has 5 nitrogen and oxygen atoms in total. The highest BCUT2D eigenvalue weighted by molar-refractivity contribution is 5.86. The predicted octanol–water partition coefficient (Wildman–Crippen LogP) is 3.04. The third kappa shape index (κ3) is 2.95. The topological polar surface area (TPSA) is 53.2 Å². The average molecular weight is 322 g/mol. The molecule has 0 spiro atoms. The third-order valence-corrected chi connectivity index (χ3v) is 4.50. The second kappa shape index (κ2) is 6.53. The van der Waals surface area contributed by atoms with Gasteiger partial charge in [0, 0.05) is 36.6 Å². The van der Waals surface area contributed by atoms with Crippen LogP contribution in [0.25, 0.3) is 22.3 Å². The van der Waals surface area contributed by atoms with Crippen molar-refractivity contribution in [3.8, 4) is 17.1 Å². The van der Waals surface area contributed by atoms with E-state index in [0.29, 0.717) is 0 Å². The van der Waals surface area contributed by atoms with Gasteiger partial charge in [0.15, 0.2) is 0 Å². The minimum Gasteiger partial charge on any atom is -0.497 e. The number of fused-ring (bicyclic) bond motifs is 1. The first-order chi connectivity index (χ1) is 11.8. The molecule has 1 aliphatic rings. The normalized spacial score (nSPS) is 15.5. The molecule has 0 aliphatic carbocycles. The number of anilines is 1. The van der Waals surface area contributed by atoms with Crippen LogP contribution in [-0.4, -0.2) is 43.3 Å². The van der Waals surface area contributed by atoms with Crippen LogP contribution >= 0.6 is 0 Å². The molecule has 1 aromatic carbocycles. The van der Waals surface area contributed by atoms with Crippen LogP contribution in [0.15, 0.2) is 42.5 Å². The van der Waals surface area contributed by atoms with E-state index in [2.05, 4.69) is 45.5 Å². The quantitative estimate of drug-likeness (QED) is 0.778. The number of rotatable bonds is 3. The molecule has 3 heterocycles. The molecule has 24 heavy (non-hydrogen) atoms. The van der Waals surface area contributed by atoms with Gasteiger partial charge < -0.3 is 19.9 Å². The summed E-state index contributed by atoms with van der Waals surface area (Å²) in [5.41, 5.74) is 3.07. The van der Waals surface area contributed by atoms with Crippen molar-refractivity contribution in [2.45, 2.75) is 6.42 Å². The highest BCUT2D eigenvalue weighted by Gasteiger charge is 2.12. The number of aromatic amines is 1. The summed E-state index contributed by atoms with van der Waals surface area (Å²) < 4.78 is 5.30. The first kappa shape index (κ1) is 15.0. The number of nitrogens with one attached hydrogen (secondary N) is 2. The summed E-state index contributed by atoms with van der Waals surface area (Å²) in [5.74, 6) is 1.90. The zero-order valence-electron chi connectivity index (χ0n) is 13.9. The Kier molecular flexibility index (Phi) is 4.09. The van der Waals surface area contributed by atoms with E-state index < -0.39 is 0 Å². The third-order valence-electron chi connectivity index (χ3n) is 4.50. The van der Waals surface area contributed by atoms with Gasteiger partial charge in [0.05, 0.1) is 18.5 Å². The van der Waals surface area contributed by atoms with Gasteiger partial charge in [-0.2, -0.15) is 0 Å². The van der Waals surface area contributed by atoms with Crippen molar-refractivity contribution in [3.63, 3.8) is 0 Å². The molecule has 1 fully saturated rings. The van der Waals surface area contributed by atoms with Crippen molar-refractivity contribution < 1.29 is 4.74 Å². The Morgan fingerprint density at radius 3 is 2.96 bits per heavy atom. The SMILES string of the molecule is COc1ccc2cc(-c3cccc(N4CCCNCC4)n3)[nH]c2c1. The van der Waals surface area contributed by atoms with Gasteiger partial charge in [0.25, 0.3) is 0 Å². The minimum absolute atomic E-state index is 0.856. The van der Waals surface area contributed by atoms with E-state index >= 15 is 0 Å². The van der Waals surface area contributed by atoms with Crippen molar-refractivity contribution in [1.82, 2.24) is 15.3 Å². The molecule has 3 aromatic rings. The molecule has 0 atom stereocenters. The molecule has 4 rings (SSSR count). The van der Waals surface area contributed by atoms with Crippen LogP contribution in [0.2, 0.25) is 0 Å². The zero-order chi connectivity index (χ0) is 16.4. The number of hydrogen-bond acceptors (Lipinski definition) is 4. The number of benzene rings is 1. The summed E-state index contributed by atoms with van der Waals surface area (Å²) in [7, 11) is 1.69. The van der Waals surface area contributed by atoms with Crippen LogP contribution in [-0.2, 0) is 0 Å². The first-order valence-corrected chi connectivity index (χ1v) is 8.43. The first-order valence-electron chi connectivity index (χ1n) is 8.43. The van der Waals surface area contributed by atoms with Crippen LogP contribution in [0.5, 0.6) is 5.75 Å². The van der Waals surface area contributed by atoms with E-state index in [-0.39, 0.29) is 0 Å². The van der Waals surface area contributed by atoms with E-state index in [1.165, 1.54) is 0 Å². The average Bonchev–Trinajstić information content (AvgIpc) is 2.86. The molecule has 1 aliphatic heterocycles. The second-order valence-corrected chi connectivity index (χ2v) is 6.11. The van der Waals surface area contributed by atoms with E-state index in [9.17, 15) is 0 Å². The van der Waals surface area contributed by atoms with Crippen molar-refractivity contribution in [2.75, 3.05) is 38.2 Å². The number of methoxy groups -OCH3 is 1. The highest BCUT2D eigenvalue weighted by Crippen LogP contribution is 2.27. The van der Waals surface area contributed by atoms with Gasteiger partial charge in [-0.25, -0.2) is 4.98 Å². The number of hydrogen-bond donors (Lipinski definition) is 2. The Morgan fingerprint density at radius 1 is 1.08 bits per heavy atom. The maximum Gasteiger partial charge on any atom is 0.129 e. The molecule has 2 aromatic heterocycles. The van der Waals surface area contributed by atoms with Gasteiger partial charge in [-0.1, -0.05) is 6.07 Å². The maximum atomic E-state index is 5.30. The van der Waals surface area contributed by atoms with Crippen molar-refractivity contribution >= 4 is 16.7 Å². The Hall–Kier alpha value is -2.53. The summed E-state index contributed by atoms with van der Waals surface area (Å²) in [6.45, 7) is 4.14. The van der Waals surface area contributed by atoms with E-state index in [0.717, 1.165) is 66.5 Å². The minimum atomic E-state index is 0.856. The number of nitrogens with zero attached hydrogens (tertiary/aromatic N) is 2. The number of aromatic nitrogens is 2. The fourth-order valence-corrected chi connectivity index (χ4v) is 3.20. The molecule has 5 heteroatoms. The Morgan fingerprint density at radius 2 is 2.04 bits per heavy atom. The summed E-state index contributed by atoms with van der Waals surface area (Å²) in [6, 6.07) is 14.4. The molecular weight excluding hydrogens is 300 g/mol. The van der Waals surface area contributed by atoms with Crippen LogP contribution in [0.4, 0.5) is 5.82 Å². The Bertz CT molecular complexity index is 834. The van der Waals surface area contributed by atoms with Crippen molar-refractivity contribution in [3.05, 3.63) is 42.5 Å². The second-order valence-electron chi connectivity index (χ2n) is 6.11. The monoisotopic (exact) mass is 322 g/mol. The van der Waals surface area contributed by atoms with Gasteiger partial charge in [-0.15, -0.1) is 0 Å². The number of H-pyrrole nitrogens is 1. The lowest BCUT2D eigenvalue weighted by atomic mass is 10.2. The van der Waals surface area contributed by atoms with Gasteiger partial charge >= 0.3 is 0 Å². The fraction of sp³-hybridized carbons (Fsp3) is 0.316. The standard InChI is InChI=1S/C19H22N4O/c1-24-15-7-6-14-12-18(21-17(14)13-15)16-4-2-5-19(22-16)23-10-3-8-20-9-11-23/h2,4-7,12-13,20-21H,3,8-11H2,1H3. The molecule has 124 valence electrons. The van der Waals surface area contributed by atoms with Crippen molar-refractivity contribution in [1.29, 1.82) is 0 Å². The lowest BCUT2D eigenvalue weighted by Gasteiger charge is -2.21.